The molecule has 1 aromatic carbocycles. The van der Waals surface area contributed by atoms with E-state index < -0.39 is 5.97 Å². The zero-order valence-corrected chi connectivity index (χ0v) is 9.73. The lowest BCUT2D eigenvalue weighted by molar-refractivity contribution is 0.0697. The summed E-state index contributed by atoms with van der Waals surface area (Å²) >= 11 is 0. The van der Waals surface area contributed by atoms with Crippen LogP contribution in [0.3, 0.4) is 0 Å². The molecule has 0 radical (unpaired) electrons. The predicted molar refractivity (Wildman–Crippen MR) is 66.1 cm³/mol. The van der Waals surface area contributed by atoms with E-state index in [-0.39, 0.29) is 11.0 Å². The first-order chi connectivity index (χ1) is 8.66. The Morgan fingerprint density at radius 2 is 2.00 bits per heavy atom. The summed E-state index contributed by atoms with van der Waals surface area (Å²) in [7, 11) is 0. The van der Waals surface area contributed by atoms with Gasteiger partial charge in [-0.05, 0) is 37.5 Å². The van der Waals surface area contributed by atoms with Gasteiger partial charge >= 0.3 is 5.97 Å². The summed E-state index contributed by atoms with van der Waals surface area (Å²) in [5.41, 5.74) is 1.24. The lowest BCUT2D eigenvalue weighted by Crippen LogP contribution is -2.16. The number of benzene rings is 1. The van der Waals surface area contributed by atoms with E-state index in [2.05, 4.69) is 0 Å². The molecule has 4 nitrogen and oxygen atoms in total. The molecule has 0 saturated heterocycles. The maximum Gasteiger partial charge on any atom is 0.335 e. The first-order valence-electron chi connectivity index (χ1n) is 5.99. The molecule has 0 atom stereocenters. The fraction of sp³-hybridized carbons (Fsp3) is 0.286. The summed E-state index contributed by atoms with van der Waals surface area (Å²) in [6.45, 7) is 0. The van der Waals surface area contributed by atoms with Crippen LogP contribution in [-0.4, -0.2) is 11.1 Å². The van der Waals surface area contributed by atoms with Crippen LogP contribution in [0.1, 0.15) is 34.5 Å². The van der Waals surface area contributed by atoms with Gasteiger partial charge < -0.3 is 9.52 Å². The van der Waals surface area contributed by atoms with E-state index >= 15 is 0 Å². The van der Waals surface area contributed by atoms with Gasteiger partial charge in [-0.3, -0.25) is 4.79 Å². The van der Waals surface area contributed by atoms with Crippen molar-refractivity contribution in [1.29, 1.82) is 0 Å². The van der Waals surface area contributed by atoms with Crippen LogP contribution in [0, 0.1) is 0 Å². The average Bonchev–Trinajstić information content (AvgIpc) is 2.38. The van der Waals surface area contributed by atoms with Gasteiger partial charge in [0.15, 0.2) is 5.43 Å². The van der Waals surface area contributed by atoms with E-state index in [9.17, 15) is 9.59 Å². The summed E-state index contributed by atoms with van der Waals surface area (Å²) < 4.78 is 5.71. The molecule has 1 aromatic heterocycles. The highest BCUT2D eigenvalue weighted by atomic mass is 16.4. The lowest BCUT2D eigenvalue weighted by Gasteiger charge is -2.14. The molecule has 0 amide bonds. The Kier molecular flexibility index (Phi) is 2.44. The van der Waals surface area contributed by atoms with Gasteiger partial charge in [0.25, 0.3) is 0 Å². The zero-order valence-electron chi connectivity index (χ0n) is 9.73. The van der Waals surface area contributed by atoms with Crippen LogP contribution in [0.2, 0.25) is 0 Å². The quantitative estimate of drug-likeness (QED) is 0.836. The van der Waals surface area contributed by atoms with Crippen molar-refractivity contribution in [3.8, 4) is 0 Å². The molecule has 1 heterocycles. The van der Waals surface area contributed by atoms with Crippen LogP contribution in [0.4, 0.5) is 0 Å². The van der Waals surface area contributed by atoms with Gasteiger partial charge in [-0.2, -0.15) is 0 Å². The van der Waals surface area contributed by atoms with Gasteiger partial charge in [0.1, 0.15) is 11.3 Å². The summed E-state index contributed by atoms with van der Waals surface area (Å²) in [6, 6.07) is 4.43. The van der Waals surface area contributed by atoms with Crippen molar-refractivity contribution >= 4 is 16.9 Å². The normalized spacial score (nSPS) is 14.4. The summed E-state index contributed by atoms with van der Waals surface area (Å²) in [6.07, 6.45) is 3.54. The van der Waals surface area contributed by atoms with Crippen LogP contribution in [0.5, 0.6) is 0 Å². The zero-order chi connectivity index (χ0) is 12.7. The number of hydrogen-bond donors (Lipinski definition) is 1. The molecular formula is C14H12O4. The van der Waals surface area contributed by atoms with Crippen LogP contribution in [0.15, 0.2) is 27.4 Å². The van der Waals surface area contributed by atoms with Crippen molar-refractivity contribution in [2.24, 2.45) is 0 Å². The topological polar surface area (TPSA) is 67.5 Å². The van der Waals surface area contributed by atoms with Gasteiger partial charge in [0.05, 0.1) is 10.9 Å². The Morgan fingerprint density at radius 3 is 2.78 bits per heavy atom. The number of carbonyl (C=O) groups is 1. The van der Waals surface area contributed by atoms with Crippen molar-refractivity contribution in [3.63, 3.8) is 0 Å². The Morgan fingerprint density at radius 1 is 1.22 bits per heavy atom. The number of carboxylic acid groups (broad SMARTS) is 1. The molecule has 1 N–H and O–H groups in total. The highest BCUT2D eigenvalue weighted by Crippen LogP contribution is 2.23. The second-order valence-corrected chi connectivity index (χ2v) is 4.56. The molecule has 0 spiro atoms. The van der Waals surface area contributed by atoms with E-state index in [1.165, 1.54) is 12.1 Å². The standard InChI is InChI=1S/C14H12O4/c15-13-9-3-1-2-4-11(9)18-12-6-5-8(14(16)17)7-10(12)13/h5-7H,1-4H2,(H,16,17). The molecule has 4 heteroatoms. The third-order valence-corrected chi connectivity index (χ3v) is 3.40. The molecule has 0 bridgehead atoms. The SMILES string of the molecule is O=C(O)c1ccc2oc3c(c(=O)c2c1)CCCC3. The number of aromatic carboxylic acids is 1. The predicted octanol–water partition coefficient (Wildman–Crippen LogP) is 2.37. The number of hydrogen-bond acceptors (Lipinski definition) is 3. The minimum atomic E-state index is -1.03. The second kappa shape index (κ2) is 3.98. The largest absolute Gasteiger partial charge is 0.478 e. The van der Waals surface area contributed by atoms with Crippen LogP contribution >= 0.6 is 0 Å². The maximum absolute atomic E-state index is 12.3. The summed E-state index contributed by atoms with van der Waals surface area (Å²) in [5, 5.41) is 9.31. The Balaban J connectivity index is 2.33. The monoisotopic (exact) mass is 244 g/mol. The van der Waals surface area contributed by atoms with E-state index in [0.29, 0.717) is 11.0 Å². The first kappa shape index (κ1) is 11.0. The summed E-state index contributed by atoms with van der Waals surface area (Å²) in [5.74, 6) is -0.268. The number of carboxylic acids is 1. The molecule has 0 fully saturated rings. The van der Waals surface area contributed by atoms with E-state index in [1.54, 1.807) is 6.07 Å². The highest BCUT2D eigenvalue weighted by Gasteiger charge is 2.18. The van der Waals surface area contributed by atoms with Crippen molar-refractivity contribution in [2.75, 3.05) is 0 Å². The third-order valence-electron chi connectivity index (χ3n) is 3.40. The van der Waals surface area contributed by atoms with Gasteiger partial charge in [-0.1, -0.05) is 0 Å². The Labute approximate surface area is 103 Å². The number of rotatable bonds is 1. The van der Waals surface area contributed by atoms with E-state index in [4.69, 9.17) is 9.52 Å². The minimum Gasteiger partial charge on any atom is -0.478 e. The molecule has 3 rings (SSSR count). The van der Waals surface area contributed by atoms with E-state index in [1.807, 2.05) is 0 Å². The average molecular weight is 244 g/mol. The van der Waals surface area contributed by atoms with Crippen LogP contribution < -0.4 is 5.43 Å². The number of aryl methyl sites for hydroxylation is 1. The first-order valence-corrected chi connectivity index (χ1v) is 5.99. The molecule has 1 aliphatic carbocycles. The van der Waals surface area contributed by atoms with Gasteiger partial charge in [-0.25, -0.2) is 4.79 Å². The molecule has 0 aliphatic heterocycles. The molecule has 92 valence electrons. The minimum absolute atomic E-state index is 0.0750. The molecule has 2 aromatic rings. The molecule has 1 aliphatic rings. The smallest absolute Gasteiger partial charge is 0.335 e. The fourth-order valence-electron chi connectivity index (χ4n) is 2.46. The second-order valence-electron chi connectivity index (χ2n) is 4.56. The maximum atomic E-state index is 12.3. The lowest BCUT2D eigenvalue weighted by atomic mass is 9.95. The van der Waals surface area contributed by atoms with Gasteiger partial charge in [0.2, 0.25) is 0 Å². The van der Waals surface area contributed by atoms with Crippen molar-refractivity contribution in [1.82, 2.24) is 0 Å². The van der Waals surface area contributed by atoms with Crippen molar-refractivity contribution in [3.05, 3.63) is 45.3 Å². The molecule has 18 heavy (non-hydrogen) atoms. The van der Waals surface area contributed by atoms with Crippen molar-refractivity contribution in [2.45, 2.75) is 25.7 Å². The summed E-state index contributed by atoms with van der Waals surface area (Å²) in [4.78, 5) is 23.2. The molecule has 0 unspecified atom stereocenters. The van der Waals surface area contributed by atoms with Gasteiger partial charge in [-0.15, -0.1) is 0 Å². The van der Waals surface area contributed by atoms with Gasteiger partial charge in [0, 0.05) is 12.0 Å². The third kappa shape index (κ3) is 1.61. The highest BCUT2D eigenvalue weighted by molar-refractivity contribution is 5.92. The van der Waals surface area contributed by atoms with Crippen LogP contribution in [0.25, 0.3) is 11.0 Å². The fourth-order valence-corrected chi connectivity index (χ4v) is 2.46. The van der Waals surface area contributed by atoms with Crippen molar-refractivity contribution < 1.29 is 14.3 Å². The molecule has 0 saturated carbocycles. The Hall–Kier alpha value is -2.10. The van der Waals surface area contributed by atoms with E-state index in [0.717, 1.165) is 37.0 Å². The van der Waals surface area contributed by atoms with Crippen LogP contribution in [-0.2, 0) is 12.8 Å². The number of fused-ring (bicyclic) bond motifs is 2. The molecular weight excluding hydrogens is 232 g/mol. The Bertz CT molecular complexity index is 697.